The first kappa shape index (κ1) is 15.7. The second-order valence-electron chi connectivity index (χ2n) is 4.47. The Morgan fingerprint density at radius 2 is 2.05 bits per heavy atom. The van der Waals surface area contributed by atoms with Crippen LogP contribution in [0, 0.1) is 5.92 Å². The molecule has 1 aromatic rings. The van der Waals surface area contributed by atoms with Crippen LogP contribution in [0.4, 0.5) is 0 Å². The van der Waals surface area contributed by atoms with Crippen LogP contribution in [-0.4, -0.2) is 35.5 Å². The molecule has 0 aliphatic carbocycles. The molecule has 0 radical (unpaired) electrons. The van der Waals surface area contributed by atoms with E-state index in [2.05, 4.69) is 10.6 Å². The van der Waals surface area contributed by atoms with Crippen molar-refractivity contribution in [2.45, 2.75) is 26.3 Å². The maximum absolute atomic E-state index is 11.6. The second-order valence-corrected chi connectivity index (χ2v) is 4.47. The van der Waals surface area contributed by atoms with Gasteiger partial charge in [-0.15, -0.1) is 0 Å². The maximum Gasteiger partial charge on any atom is 0.308 e. The molecule has 2 amide bonds. The molecule has 0 aliphatic rings. The lowest BCUT2D eigenvalue weighted by Gasteiger charge is -2.17. The minimum Gasteiger partial charge on any atom is -0.481 e. The molecule has 0 bridgehead atoms. The van der Waals surface area contributed by atoms with Gasteiger partial charge < -0.3 is 20.2 Å². The Bertz CT molecular complexity index is 469. The zero-order valence-corrected chi connectivity index (χ0v) is 11.4. The summed E-state index contributed by atoms with van der Waals surface area (Å²) in [6, 6.07) is 2.64. The van der Waals surface area contributed by atoms with Gasteiger partial charge in [0.1, 0.15) is 0 Å². The fraction of sp³-hybridized carbons (Fsp3) is 0.462. The molecule has 110 valence electrons. The molecule has 0 fully saturated rings. The summed E-state index contributed by atoms with van der Waals surface area (Å²) in [4.78, 5) is 33.8. The van der Waals surface area contributed by atoms with Gasteiger partial charge in [-0.2, -0.15) is 0 Å². The Morgan fingerprint density at radius 1 is 1.35 bits per heavy atom. The molecular formula is C13H18N2O5. The fourth-order valence-corrected chi connectivity index (χ4v) is 1.45. The lowest BCUT2D eigenvalue weighted by atomic mass is 10.0. The predicted molar refractivity (Wildman–Crippen MR) is 70.1 cm³/mol. The van der Waals surface area contributed by atoms with Crippen molar-refractivity contribution in [3.05, 3.63) is 24.2 Å². The maximum atomic E-state index is 11.6. The number of hydrogen-bond acceptors (Lipinski definition) is 4. The van der Waals surface area contributed by atoms with Crippen LogP contribution in [-0.2, 0) is 9.59 Å². The van der Waals surface area contributed by atoms with E-state index in [1.165, 1.54) is 19.3 Å². The normalized spacial score (nSPS) is 13.3. The van der Waals surface area contributed by atoms with Crippen molar-refractivity contribution in [3.63, 3.8) is 0 Å². The molecule has 7 nitrogen and oxygen atoms in total. The van der Waals surface area contributed by atoms with E-state index >= 15 is 0 Å². The van der Waals surface area contributed by atoms with Gasteiger partial charge in [0.25, 0.3) is 5.91 Å². The zero-order valence-electron chi connectivity index (χ0n) is 11.4. The van der Waals surface area contributed by atoms with E-state index in [1.54, 1.807) is 13.0 Å². The van der Waals surface area contributed by atoms with Crippen molar-refractivity contribution in [3.8, 4) is 0 Å². The highest BCUT2D eigenvalue weighted by atomic mass is 16.4. The van der Waals surface area contributed by atoms with Crippen LogP contribution in [0.15, 0.2) is 22.8 Å². The third kappa shape index (κ3) is 4.75. The average molecular weight is 282 g/mol. The van der Waals surface area contributed by atoms with Gasteiger partial charge in [-0.3, -0.25) is 14.4 Å². The molecular weight excluding hydrogens is 264 g/mol. The first-order valence-corrected chi connectivity index (χ1v) is 6.25. The second kappa shape index (κ2) is 7.32. The highest BCUT2D eigenvalue weighted by Crippen LogP contribution is 2.02. The average Bonchev–Trinajstić information content (AvgIpc) is 2.91. The summed E-state index contributed by atoms with van der Waals surface area (Å²) in [6.45, 7) is 3.30. The number of nitrogens with one attached hydrogen (secondary N) is 2. The Hall–Kier alpha value is -2.31. The van der Waals surface area contributed by atoms with Crippen LogP contribution in [0.1, 0.15) is 30.8 Å². The molecule has 0 spiro atoms. The summed E-state index contributed by atoms with van der Waals surface area (Å²) in [7, 11) is 0. The van der Waals surface area contributed by atoms with Crippen molar-refractivity contribution in [1.82, 2.24) is 10.6 Å². The predicted octanol–water partition coefficient (Wildman–Crippen LogP) is 0.625. The Balaban J connectivity index is 2.27. The molecule has 1 aromatic heterocycles. The number of aliphatic carboxylic acids is 1. The largest absolute Gasteiger partial charge is 0.481 e. The number of carboxylic acid groups (broad SMARTS) is 1. The molecule has 7 heteroatoms. The van der Waals surface area contributed by atoms with Crippen LogP contribution in [0.5, 0.6) is 0 Å². The zero-order chi connectivity index (χ0) is 15.1. The first-order chi connectivity index (χ1) is 9.41. The van der Waals surface area contributed by atoms with Crippen LogP contribution in [0.3, 0.4) is 0 Å². The monoisotopic (exact) mass is 282 g/mol. The standard InChI is InChI=1S/C13H18N2O5/c1-8(13(18)19)9(2)15-11(16)5-6-14-12(17)10-4-3-7-20-10/h3-4,7-9H,5-6H2,1-2H3,(H,14,17)(H,15,16)(H,18,19). The molecule has 0 saturated heterocycles. The van der Waals surface area contributed by atoms with Gasteiger partial charge in [-0.1, -0.05) is 0 Å². The molecule has 2 unspecified atom stereocenters. The molecule has 0 saturated carbocycles. The van der Waals surface area contributed by atoms with Crippen LogP contribution in [0.25, 0.3) is 0 Å². The van der Waals surface area contributed by atoms with Gasteiger partial charge >= 0.3 is 5.97 Å². The van der Waals surface area contributed by atoms with Crippen molar-refractivity contribution >= 4 is 17.8 Å². The molecule has 20 heavy (non-hydrogen) atoms. The molecule has 3 N–H and O–H groups in total. The fourth-order valence-electron chi connectivity index (χ4n) is 1.45. The van der Waals surface area contributed by atoms with Gasteiger partial charge in [0, 0.05) is 19.0 Å². The van der Waals surface area contributed by atoms with Crippen LogP contribution >= 0.6 is 0 Å². The Morgan fingerprint density at radius 3 is 2.60 bits per heavy atom. The molecule has 2 atom stereocenters. The first-order valence-electron chi connectivity index (χ1n) is 6.25. The van der Waals surface area contributed by atoms with Crippen LogP contribution in [0.2, 0.25) is 0 Å². The number of hydrogen-bond donors (Lipinski definition) is 3. The summed E-state index contributed by atoms with van der Waals surface area (Å²) in [5.41, 5.74) is 0. The lowest BCUT2D eigenvalue weighted by Crippen LogP contribution is -2.41. The van der Waals surface area contributed by atoms with E-state index in [0.717, 1.165) is 0 Å². The number of amides is 2. The van der Waals surface area contributed by atoms with E-state index in [4.69, 9.17) is 9.52 Å². The van der Waals surface area contributed by atoms with Crippen molar-refractivity contribution in [2.75, 3.05) is 6.54 Å². The van der Waals surface area contributed by atoms with E-state index in [-0.39, 0.29) is 24.6 Å². The van der Waals surface area contributed by atoms with Crippen molar-refractivity contribution in [1.29, 1.82) is 0 Å². The molecule has 0 aromatic carbocycles. The SMILES string of the molecule is CC(NC(=O)CCNC(=O)c1ccco1)C(C)C(=O)O. The number of rotatable bonds is 7. The smallest absolute Gasteiger partial charge is 0.308 e. The lowest BCUT2D eigenvalue weighted by molar-refractivity contribution is -0.142. The Kier molecular flexibility index (Phi) is 5.76. The van der Waals surface area contributed by atoms with E-state index in [9.17, 15) is 14.4 Å². The van der Waals surface area contributed by atoms with E-state index < -0.39 is 23.8 Å². The minimum atomic E-state index is -0.969. The number of carbonyl (C=O) groups is 3. The summed E-state index contributed by atoms with van der Waals surface area (Å²) >= 11 is 0. The number of carboxylic acids is 1. The summed E-state index contributed by atoms with van der Waals surface area (Å²) < 4.78 is 4.90. The molecule has 1 heterocycles. The summed E-state index contributed by atoms with van der Waals surface area (Å²) in [6.07, 6.45) is 1.46. The quantitative estimate of drug-likeness (QED) is 0.679. The number of carbonyl (C=O) groups excluding carboxylic acids is 2. The summed E-state index contributed by atoms with van der Waals surface area (Å²) in [5.74, 6) is -2.17. The van der Waals surface area contributed by atoms with Crippen molar-refractivity contribution < 1.29 is 23.9 Å². The molecule has 0 aliphatic heterocycles. The van der Waals surface area contributed by atoms with Gasteiger partial charge in [-0.05, 0) is 26.0 Å². The van der Waals surface area contributed by atoms with E-state index in [1.807, 2.05) is 0 Å². The minimum absolute atomic E-state index is 0.0725. The molecule has 1 rings (SSSR count). The third-order valence-corrected chi connectivity index (χ3v) is 2.91. The summed E-state index contributed by atoms with van der Waals surface area (Å²) in [5, 5.41) is 13.9. The topological polar surface area (TPSA) is 109 Å². The van der Waals surface area contributed by atoms with Gasteiger partial charge in [0.2, 0.25) is 5.91 Å². The Labute approximate surface area is 116 Å². The van der Waals surface area contributed by atoms with Crippen LogP contribution < -0.4 is 10.6 Å². The van der Waals surface area contributed by atoms with Gasteiger partial charge in [-0.25, -0.2) is 0 Å². The highest BCUT2D eigenvalue weighted by molar-refractivity contribution is 5.91. The highest BCUT2D eigenvalue weighted by Gasteiger charge is 2.20. The van der Waals surface area contributed by atoms with Crippen molar-refractivity contribution in [2.24, 2.45) is 5.92 Å². The van der Waals surface area contributed by atoms with Gasteiger partial charge in [0.05, 0.1) is 12.2 Å². The third-order valence-electron chi connectivity index (χ3n) is 2.91. The number of furan rings is 1. The van der Waals surface area contributed by atoms with E-state index in [0.29, 0.717) is 0 Å². The van der Waals surface area contributed by atoms with Gasteiger partial charge in [0.15, 0.2) is 5.76 Å².